The average Bonchev–Trinajstić information content (AvgIpc) is 2.91. The molecule has 0 bridgehead atoms. The minimum Gasteiger partial charge on any atom is -0.490 e. The standard InChI is InChI=1S/C16H25NO3SSi.4H2S/c1-5-9-10-14-11(17-16(21-14)20-8-4)12(18-6-2)13(15(10)22)19-7-3;;;;/h5-9H2,1-4,22H3;4*1H2. The zero-order valence-corrected chi connectivity index (χ0v) is 22.9. The first-order valence-corrected chi connectivity index (χ1v) is 9.83. The van der Waals surface area contributed by atoms with Gasteiger partial charge in [-0.15, -0.1) is 0 Å². The molecule has 0 fully saturated rings. The van der Waals surface area contributed by atoms with Crippen molar-refractivity contribution in [1.82, 2.24) is 4.98 Å². The first kappa shape index (κ1) is 30.8. The van der Waals surface area contributed by atoms with Crippen LogP contribution in [0.15, 0.2) is 0 Å². The SMILES string of the molecule is CCCc1c([SiH3])c(OCC)c(OCC)c2nc(OCC)sc12.S.S.S.S. The number of rotatable bonds is 8. The van der Waals surface area contributed by atoms with E-state index in [0.29, 0.717) is 25.0 Å². The van der Waals surface area contributed by atoms with Crippen molar-refractivity contribution in [2.24, 2.45) is 0 Å². The van der Waals surface area contributed by atoms with E-state index in [4.69, 9.17) is 14.2 Å². The number of benzene rings is 1. The van der Waals surface area contributed by atoms with Crippen LogP contribution in [-0.2, 0) is 6.42 Å². The maximum absolute atomic E-state index is 5.92. The van der Waals surface area contributed by atoms with Crippen molar-refractivity contribution in [3.8, 4) is 16.7 Å². The fourth-order valence-electron chi connectivity index (χ4n) is 2.58. The summed E-state index contributed by atoms with van der Waals surface area (Å²) in [5.41, 5.74) is 2.25. The number of fused-ring (bicyclic) bond motifs is 1. The molecule has 0 spiro atoms. The molecule has 0 aliphatic heterocycles. The lowest BCUT2D eigenvalue weighted by atomic mass is 10.1. The van der Waals surface area contributed by atoms with Gasteiger partial charge in [-0.3, -0.25) is 0 Å². The number of aryl methyl sites for hydroxylation is 1. The van der Waals surface area contributed by atoms with Crippen LogP contribution in [0.1, 0.15) is 39.7 Å². The second kappa shape index (κ2) is 15.1. The van der Waals surface area contributed by atoms with Crippen molar-refractivity contribution in [2.75, 3.05) is 19.8 Å². The van der Waals surface area contributed by atoms with Gasteiger partial charge < -0.3 is 14.2 Å². The number of thiazole rings is 1. The number of nitrogens with zero attached hydrogens (tertiary/aromatic N) is 1. The zero-order valence-electron chi connectivity index (χ0n) is 16.1. The van der Waals surface area contributed by atoms with E-state index in [1.165, 1.54) is 15.5 Å². The molecular formula is C16H33NO3S5Si. The molecule has 1 heterocycles. The van der Waals surface area contributed by atoms with Crippen molar-refractivity contribution in [2.45, 2.75) is 40.5 Å². The van der Waals surface area contributed by atoms with Crippen molar-refractivity contribution in [3.05, 3.63) is 5.56 Å². The Bertz CT molecular complexity index is 655. The summed E-state index contributed by atoms with van der Waals surface area (Å²) in [5, 5.41) is 2.01. The first-order valence-electron chi connectivity index (χ1n) is 8.02. The van der Waals surface area contributed by atoms with E-state index in [-0.39, 0.29) is 54.0 Å². The Labute approximate surface area is 192 Å². The third kappa shape index (κ3) is 6.63. The highest BCUT2D eigenvalue weighted by atomic mass is 32.1. The Kier molecular flexibility index (Phi) is 17.9. The van der Waals surface area contributed by atoms with Gasteiger partial charge in [0.25, 0.3) is 5.19 Å². The van der Waals surface area contributed by atoms with E-state index in [9.17, 15) is 0 Å². The molecule has 2 aromatic rings. The van der Waals surface area contributed by atoms with Crippen molar-refractivity contribution < 1.29 is 14.2 Å². The summed E-state index contributed by atoms with van der Waals surface area (Å²) < 4.78 is 18.6. The van der Waals surface area contributed by atoms with Crippen molar-refractivity contribution in [1.29, 1.82) is 0 Å². The largest absolute Gasteiger partial charge is 0.490 e. The molecule has 0 aliphatic carbocycles. The maximum atomic E-state index is 5.92. The predicted octanol–water partition coefficient (Wildman–Crippen LogP) is 2.89. The van der Waals surface area contributed by atoms with Gasteiger partial charge in [0.1, 0.15) is 5.52 Å². The summed E-state index contributed by atoms with van der Waals surface area (Å²) in [6.45, 7) is 10.0. The van der Waals surface area contributed by atoms with Gasteiger partial charge in [-0.05, 0) is 37.9 Å². The summed E-state index contributed by atoms with van der Waals surface area (Å²) in [6.07, 6.45) is 2.14. The third-order valence-electron chi connectivity index (χ3n) is 3.44. The number of aromatic nitrogens is 1. The molecule has 0 saturated carbocycles. The van der Waals surface area contributed by atoms with Crippen LogP contribution < -0.4 is 19.4 Å². The fraction of sp³-hybridized carbons (Fsp3) is 0.562. The van der Waals surface area contributed by atoms with Crippen LogP contribution in [0.2, 0.25) is 0 Å². The van der Waals surface area contributed by atoms with Gasteiger partial charge in [-0.25, -0.2) is 0 Å². The molecule has 0 unspecified atom stereocenters. The number of hydrogen-bond acceptors (Lipinski definition) is 5. The normalized spacial score (nSPS) is 9.38. The summed E-state index contributed by atoms with van der Waals surface area (Å²) in [5.74, 6) is 1.67. The van der Waals surface area contributed by atoms with Gasteiger partial charge in [0.15, 0.2) is 11.5 Å². The zero-order chi connectivity index (χ0) is 16.1. The molecule has 0 radical (unpaired) electrons. The van der Waals surface area contributed by atoms with Gasteiger partial charge in [0, 0.05) is 10.2 Å². The van der Waals surface area contributed by atoms with Crippen LogP contribution >= 0.6 is 65.3 Å². The van der Waals surface area contributed by atoms with Crippen LogP contribution in [-0.4, -0.2) is 35.0 Å². The molecule has 26 heavy (non-hydrogen) atoms. The molecule has 0 aliphatic rings. The highest BCUT2D eigenvalue weighted by molar-refractivity contribution is 7.59. The van der Waals surface area contributed by atoms with Crippen LogP contribution in [0.3, 0.4) is 0 Å². The van der Waals surface area contributed by atoms with E-state index in [2.05, 4.69) is 11.9 Å². The fourth-order valence-corrected chi connectivity index (χ4v) is 4.73. The molecule has 0 N–H and O–H groups in total. The lowest BCUT2D eigenvalue weighted by Gasteiger charge is -2.17. The molecule has 0 saturated heterocycles. The summed E-state index contributed by atoms with van der Waals surface area (Å²) in [7, 11) is 0.926. The molecule has 4 nitrogen and oxygen atoms in total. The topological polar surface area (TPSA) is 40.6 Å². The molecule has 154 valence electrons. The van der Waals surface area contributed by atoms with Crippen LogP contribution in [0.4, 0.5) is 0 Å². The molecule has 1 aromatic carbocycles. The predicted molar refractivity (Wildman–Crippen MR) is 138 cm³/mol. The molecule has 0 amide bonds. The summed E-state index contributed by atoms with van der Waals surface area (Å²) >= 11 is 1.62. The molecule has 10 heteroatoms. The van der Waals surface area contributed by atoms with Gasteiger partial charge in [0.2, 0.25) is 0 Å². The van der Waals surface area contributed by atoms with Gasteiger partial charge in [0.05, 0.1) is 24.5 Å². The Morgan fingerprint density at radius 3 is 1.88 bits per heavy atom. The second-order valence-corrected chi connectivity index (χ2v) is 6.93. The second-order valence-electron chi connectivity index (χ2n) is 4.97. The van der Waals surface area contributed by atoms with Crippen LogP contribution in [0, 0.1) is 0 Å². The smallest absolute Gasteiger partial charge is 0.274 e. The van der Waals surface area contributed by atoms with Gasteiger partial charge in [-0.2, -0.15) is 59.0 Å². The highest BCUT2D eigenvalue weighted by Gasteiger charge is 2.22. The van der Waals surface area contributed by atoms with Crippen LogP contribution in [0.25, 0.3) is 10.2 Å². The number of hydrogen-bond donors (Lipinski definition) is 0. The Balaban J connectivity index is -0.00000132. The van der Waals surface area contributed by atoms with Gasteiger partial charge >= 0.3 is 0 Å². The Hall–Kier alpha value is 0.127. The summed E-state index contributed by atoms with van der Waals surface area (Å²) in [6, 6.07) is 0. The average molecular weight is 476 g/mol. The van der Waals surface area contributed by atoms with E-state index in [1.807, 2.05) is 20.8 Å². The van der Waals surface area contributed by atoms with Gasteiger partial charge in [-0.1, -0.05) is 24.7 Å². The van der Waals surface area contributed by atoms with Crippen molar-refractivity contribution in [3.63, 3.8) is 0 Å². The monoisotopic (exact) mass is 475 g/mol. The lowest BCUT2D eigenvalue weighted by molar-refractivity contribution is 0.292. The van der Waals surface area contributed by atoms with E-state index in [1.54, 1.807) is 11.3 Å². The van der Waals surface area contributed by atoms with E-state index >= 15 is 0 Å². The highest BCUT2D eigenvalue weighted by Crippen LogP contribution is 2.41. The quantitative estimate of drug-likeness (QED) is 0.551. The molecule has 2 rings (SSSR count). The Morgan fingerprint density at radius 1 is 0.846 bits per heavy atom. The summed E-state index contributed by atoms with van der Waals surface area (Å²) in [4.78, 5) is 4.65. The minimum absolute atomic E-state index is 0. The maximum Gasteiger partial charge on any atom is 0.274 e. The lowest BCUT2D eigenvalue weighted by Crippen LogP contribution is -2.17. The van der Waals surface area contributed by atoms with Crippen LogP contribution in [0.5, 0.6) is 16.7 Å². The molecule has 0 atom stereocenters. The Morgan fingerprint density at radius 2 is 1.38 bits per heavy atom. The minimum atomic E-state index is 0. The molecular weight excluding hydrogens is 443 g/mol. The van der Waals surface area contributed by atoms with Crippen molar-refractivity contribution >= 4 is 91.0 Å². The van der Waals surface area contributed by atoms with E-state index in [0.717, 1.165) is 40.1 Å². The molecule has 1 aromatic heterocycles. The number of ether oxygens (including phenoxy) is 3. The van der Waals surface area contributed by atoms with E-state index < -0.39 is 0 Å². The third-order valence-corrected chi connectivity index (χ3v) is 5.53. The first-order chi connectivity index (χ1) is 10.7.